The van der Waals surface area contributed by atoms with E-state index in [-0.39, 0.29) is 10.5 Å². The third kappa shape index (κ3) is 3.65. The second-order valence-corrected chi connectivity index (χ2v) is 7.93. The van der Waals surface area contributed by atoms with Gasteiger partial charge in [0.05, 0.1) is 10.6 Å². The van der Waals surface area contributed by atoms with E-state index in [1.807, 2.05) is 0 Å². The van der Waals surface area contributed by atoms with E-state index in [4.69, 9.17) is 0 Å². The molecular weight excluding hydrogens is 402 g/mol. The maximum absolute atomic E-state index is 13.1. The summed E-state index contributed by atoms with van der Waals surface area (Å²) in [7, 11) is -4.04. The van der Waals surface area contributed by atoms with Gasteiger partial charge in [-0.2, -0.15) is 4.31 Å². The number of hydrogen-bond acceptors (Lipinski definition) is 3. The molecule has 0 bridgehead atoms. The van der Waals surface area contributed by atoms with Crippen molar-refractivity contribution in [2.45, 2.75) is 4.90 Å². The van der Waals surface area contributed by atoms with Crippen LogP contribution in [0.3, 0.4) is 0 Å². The molecule has 0 fully saturated rings. The van der Waals surface area contributed by atoms with Gasteiger partial charge in [-0.15, -0.1) is 0 Å². The van der Waals surface area contributed by atoms with Crippen LogP contribution >= 0.6 is 15.9 Å². The van der Waals surface area contributed by atoms with Crippen LogP contribution in [0.25, 0.3) is 0 Å². The van der Waals surface area contributed by atoms with Gasteiger partial charge < -0.3 is 0 Å². The summed E-state index contributed by atoms with van der Waals surface area (Å²) in [6, 6.07) is 22.8. The summed E-state index contributed by atoms with van der Waals surface area (Å²) in [4.78, 5) is 13.1. The Labute approximate surface area is 154 Å². The van der Waals surface area contributed by atoms with E-state index in [1.54, 1.807) is 72.8 Å². The molecular formula is C19H14BrNO3S. The van der Waals surface area contributed by atoms with E-state index in [1.165, 1.54) is 12.1 Å². The van der Waals surface area contributed by atoms with Crippen molar-refractivity contribution < 1.29 is 13.2 Å². The first-order valence-corrected chi connectivity index (χ1v) is 9.69. The molecule has 0 unspecified atom stereocenters. The highest BCUT2D eigenvalue weighted by Crippen LogP contribution is 2.26. The van der Waals surface area contributed by atoms with E-state index < -0.39 is 15.9 Å². The van der Waals surface area contributed by atoms with Gasteiger partial charge in [0.2, 0.25) is 0 Å². The van der Waals surface area contributed by atoms with Gasteiger partial charge in [0.15, 0.2) is 0 Å². The number of nitrogens with zero attached hydrogens (tertiary/aromatic N) is 1. The lowest BCUT2D eigenvalue weighted by Crippen LogP contribution is -2.37. The summed E-state index contributed by atoms with van der Waals surface area (Å²) in [5, 5.41) is 0. The molecule has 0 aliphatic rings. The number of para-hydroxylation sites is 1. The average Bonchev–Trinajstić information content (AvgIpc) is 2.64. The van der Waals surface area contributed by atoms with Crippen molar-refractivity contribution in [2.75, 3.05) is 4.31 Å². The van der Waals surface area contributed by atoms with E-state index in [9.17, 15) is 13.2 Å². The van der Waals surface area contributed by atoms with Gasteiger partial charge in [-0.25, -0.2) is 8.42 Å². The molecule has 25 heavy (non-hydrogen) atoms. The van der Waals surface area contributed by atoms with E-state index in [2.05, 4.69) is 15.9 Å². The van der Waals surface area contributed by atoms with Crippen LogP contribution in [-0.4, -0.2) is 14.3 Å². The molecule has 0 aromatic heterocycles. The first kappa shape index (κ1) is 17.4. The maximum Gasteiger partial charge on any atom is 0.272 e. The first-order chi connectivity index (χ1) is 12.0. The van der Waals surface area contributed by atoms with E-state index >= 15 is 0 Å². The Morgan fingerprint density at radius 2 is 1.28 bits per heavy atom. The highest BCUT2D eigenvalue weighted by atomic mass is 79.9. The van der Waals surface area contributed by atoms with Gasteiger partial charge in [0.1, 0.15) is 0 Å². The fourth-order valence-corrected chi connectivity index (χ4v) is 4.04. The average molecular weight is 416 g/mol. The van der Waals surface area contributed by atoms with Crippen LogP contribution < -0.4 is 4.31 Å². The maximum atomic E-state index is 13.1. The third-order valence-electron chi connectivity index (χ3n) is 3.55. The predicted octanol–water partition coefficient (Wildman–Crippen LogP) is 4.48. The number of carbonyl (C=O) groups is 1. The molecule has 4 nitrogen and oxygen atoms in total. The Morgan fingerprint density at radius 3 is 1.84 bits per heavy atom. The minimum atomic E-state index is -4.04. The van der Waals surface area contributed by atoms with Crippen LogP contribution in [0.5, 0.6) is 0 Å². The Kier molecular flexibility index (Phi) is 5.01. The number of hydrogen-bond donors (Lipinski definition) is 0. The molecule has 3 aromatic rings. The number of amides is 1. The largest absolute Gasteiger partial charge is 0.272 e. The van der Waals surface area contributed by atoms with Crippen LogP contribution in [-0.2, 0) is 10.0 Å². The molecule has 0 saturated heterocycles. The van der Waals surface area contributed by atoms with E-state index in [0.29, 0.717) is 5.69 Å². The summed E-state index contributed by atoms with van der Waals surface area (Å²) >= 11 is 3.31. The minimum Gasteiger partial charge on any atom is -0.268 e. The van der Waals surface area contributed by atoms with Crippen LogP contribution in [0, 0.1) is 0 Å². The van der Waals surface area contributed by atoms with Crippen LogP contribution in [0.4, 0.5) is 5.69 Å². The Bertz CT molecular complexity index is 972. The predicted molar refractivity (Wildman–Crippen MR) is 101 cm³/mol. The summed E-state index contributed by atoms with van der Waals surface area (Å²) in [5.74, 6) is -0.609. The molecule has 0 heterocycles. The fourth-order valence-electron chi connectivity index (χ4n) is 2.34. The van der Waals surface area contributed by atoms with Crippen LogP contribution in [0.1, 0.15) is 10.4 Å². The smallest absolute Gasteiger partial charge is 0.268 e. The molecule has 3 aromatic carbocycles. The Hall–Kier alpha value is -2.44. The van der Waals surface area contributed by atoms with Crippen molar-refractivity contribution in [3.05, 3.63) is 95.0 Å². The topological polar surface area (TPSA) is 54.5 Å². The van der Waals surface area contributed by atoms with Crippen LogP contribution in [0.2, 0.25) is 0 Å². The van der Waals surface area contributed by atoms with Gasteiger partial charge in [-0.3, -0.25) is 4.79 Å². The van der Waals surface area contributed by atoms with Gasteiger partial charge in [0, 0.05) is 10.0 Å². The second kappa shape index (κ2) is 7.21. The SMILES string of the molecule is O=C(c1ccc(Br)cc1)N(c1ccccc1)S(=O)(=O)c1ccccc1. The fraction of sp³-hybridized carbons (Fsp3) is 0. The monoisotopic (exact) mass is 415 g/mol. The van der Waals surface area contributed by atoms with Crippen molar-refractivity contribution >= 4 is 37.5 Å². The molecule has 3 rings (SSSR count). The number of benzene rings is 3. The van der Waals surface area contributed by atoms with Crippen molar-refractivity contribution in [2.24, 2.45) is 0 Å². The molecule has 0 saturated carbocycles. The zero-order valence-electron chi connectivity index (χ0n) is 13.0. The number of carbonyl (C=O) groups excluding carboxylic acids is 1. The number of halogens is 1. The van der Waals surface area contributed by atoms with Gasteiger partial charge in [0.25, 0.3) is 15.9 Å². The molecule has 1 amide bonds. The molecule has 0 atom stereocenters. The van der Waals surface area contributed by atoms with E-state index in [0.717, 1.165) is 8.78 Å². The molecule has 0 N–H and O–H groups in total. The highest BCUT2D eigenvalue weighted by molar-refractivity contribution is 9.10. The van der Waals surface area contributed by atoms with Crippen molar-refractivity contribution in [1.29, 1.82) is 0 Å². The molecule has 0 aliphatic carbocycles. The number of sulfonamides is 1. The van der Waals surface area contributed by atoms with Gasteiger partial charge in [-0.1, -0.05) is 52.3 Å². The Morgan fingerprint density at radius 1 is 0.760 bits per heavy atom. The quantitative estimate of drug-likeness (QED) is 0.630. The summed E-state index contributed by atoms with van der Waals surface area (Å²) in [6.07, 6.45) is 0. The summed E-state index contributed by atoms with van der Waals surface area (Å²) < 4.78 is 27.9. The Balaban J connectivity index is 2.14. The normalized spacial score (nSPS) is 11.1. The number of rotatable bonds is 4. The van der Waals surface area contributed by atoms with Gasteiger partial charge in [-0.05, 0) is 48.5 Å². The number of anilines is 1. The highest BCUT2D eigenvalue weighted by Gasteiger charge is 2.31. The van der Waals surface area contributed by atoms with Crippen molar-refractivity contribution in [3.8, 4) is 0 Å². The molecule has 6 heteroatoms. The van der Waals surface area contributed by atoms with Gasteiger partial charge >= 0.3 is 0 Å². The summed E-state index contributed by atoms with van der Waals surface area (Å²) in [5.41, 5.74) is 0.575. The van der Waals surface area contributed by atoms with Crippen molar-refractivity contribution in [1.82, 2.24) is 0 Å². The molecule has 126 valence electrons. The third-order valence-corrected chi connectivity index (χ3v) is 5.80. The molecule has 0 radical (unpaired) electrons. The second-order valence-electron chi connectivity index (χ2n) is 5.23. The summed E-state index contributed by atoms with van der Waals surface area (Å²) in [6.45, 7) is 0. The lowest BCUT2D eigenvalue weighted by molar-refractivity contribution is 0.101. The lowest BCUT2D eigenvalue weighted by Gasteiger charge is -2.22. The zero-order valence-corrected chi connectivity index (χ0v) is 15.4. The minimum absolute atomic E-state index is 0.0596. The standard InChI is InChI=1S/C19H14BrNO3S/c20-16-13-11-15(12-14-16)19(22)21(17-7-3-1-4-8-17)25(23,24)18-9-5-2-6-10-18/h1-14H. The zero-order chi connectivity index (χ0) is 17.9. The first-order valence-electron chi connectivity index (χ1n) is 7.45. The lowest BCUT2D eigenvalue weighted by atomic mass is 10.2. The molecule has 0 aliphatic heterocycles. The molecule has 0 spiro atoms. The van der Waals surface area contributed by atoms with Crippen molar-refractivity contribution in [3.63, 3.8) is 0 Å². The van der Waals surface area contributed by atoms with Crippen LogP contribution in [0.15, 0.2) is 94.3 Å².